The number of ether oxygens (including phenoxy) is 2. The number of allylic oxidation sites excluding steroid dienone is 1. The lowest BCUT2D eigenvalue weighted by molar-refractivity contribution is -0.877. The summed E-state index contributed by atoms with van der Waals surface area (Å²) in [4.78, 5) is 24.8. The normalized spacial score (nSPS) is 40.7. The molecule has 0 radical (unpaired) electrons. The number of quaternary nitrogens is 1. The van der Waals surface area contributed by atoms with E-state index in [0.29, 0.717) is 18.5 Å². The van der Waals surface area contributed by atoms with Gasteiger partial charge in [-0.15, -0.1) is 0 Å². The molecule has 0 aliphatic carbocycles. The third kappa shape index (κ3) is 2.92. The van der Waals surface area contributed by atoms with Gasteiger partial charge in [-0.1, -0.05) is 12.7 Å². The van der Waals surface area contributed by atoms with Crippen LogP contribution in [0.25, 0.3) is 0 Å². The molecule has 3 rings (SSSR count). The Labute approximate surface area is 146 Å². The quantitative estimate of drug-likeness (QED) is 0.231. The number of aliphatic hydroxyl groups is 1. The Bertz CT molecular complexity index is 692. The molecular formula is C18H23NO6. The molecule has 3 aliphatic heterocycles. The summed E-state index contributed by atoms with van der Waals surface area (Å²) < 4.78 is 10.4. The zero-order chi connectivity index (χ0) is 18.4. The van der Waals surface area contributed by atoms with Crippen LogP contribution in [0.4, 0.5) is 0 Å². The molecule has 0 aromatic heterocycles. The molecule has 1 N–H and O–H groups in total. The number of hydroxylamine groups is 3. The minimum Gasteiger partial charge on any atom is -0.632 e. The first-order valence-corrected chi connectivity index (χ1v) is 8.40. The maximum Gasteiger partial charge on any atom is 0.342 e. The van der Waals surface area contributed by atoms with E-state index in [2.05, 4.69) is 6.58 Å². The van der Waals surface area contributed by atoms with E-state index in [0.717, 1.165) is 0 Å². The van der Waals surface area contributed by atoms with Gasteiger partial charge in [-0.3, -0.25) is 0 Å². The van der Waals surface area contributed by atoms with Crippen LogP contribution in [0.3, 0.4) is 0 Å². The predicted octanol–water partition coefficient (Wildman–Crippen LogP) is 1.13. The largest absolute Gasteiger partial charge is 0.632 e. The number of carbonyl (C=O) groups excluding carboxylic acids is 2. The number of rotatable bonds is 0. The van der Waals surface area contributed by atoms with E-state index < -0.39 is 34.3 Å². The van der Waals surface area contributed by atoms with Crippen LogP contribution in [0.15, 0.2) is 35.5 Å². The Kier molecular flexibility index (Phi) is 4.35. The van der Waals surface area contributed by atoms with E-state index >= 15 is 0 Å². The zero-order valence-corrected chi connectivity index (χ0v) is 14.5. The van der Waals surface area contributed by atoms with Crippen molar-refractivity contribution in [3.05, 3.63) is 40.7 Å². The Hall–Kier alpha value is -1.96. The van der Waals surface area contributed by atoms with Crippen molar-refractivity contribution in [2.45, 2.75) is 44.4 Å². The number of hydrogen-bond acceptors (Lipinski definition) is 6. The highest BCUT2D eigenvalue weighted by molar-refractivity contribution is 5.90. The lowest BCUT2D eigenvalue weighted by atomic mass is 9.91. The Morgan fingerprint density at radius 1 is 1.48 bits per heavy atom. The maximum absolute atomic E-state index is 12.9. The molecule has 7 heteroatoms. The van der Waals surface area contributed by atoms with E-state index in [4.69, 9.17) is 9.47 Å². The fraction of sp³-hybridized carbons (Fsp3) is 0.556. The molecule has 0 aromatic rings. The van der Waals surface area contributed by atoms with Crippen molar-refractivity contribution in [3.63, 3.8) is 0 Å². The summed E-state index contributed by atoms with van der Waals surface area (Å²) >= 11 is 0. The average Bonchev–Trinajstić information content (AvgIpc) is 3.05. The van der Waals surface area contributed by atoms with Crippen molar-refractivity contribution in [3.8, 4) is 0 Å². The molecule has 0 amide bonds. The minimum atomic E-state index is -1.93. The van der Waals surface area contributed by atoms with Gasteiger partial charge in [0.15, 0.2) is 17.7 Å². The average molecular weight is 349 g/mol. The number of carbonyl (C=O) groups is 2. The first-order valence-electron chi connectivity index (χ1n) is 8.40. The summed E-state index contributed by atoms with van der Waals surface area (Å²) in [5, 5.41) is 23.4. The highest BCUT2D eigenvalue weighted by Gasteiger charge is 2.51. The van der Waals surface area contributed by atoms with Gasteiger partial charge in [0.05, 0.1) is 13.1 Å². The summed E-state index contributed by atoms with van der Waals surface area (Å²) in [5.74, 6) is -1.38. The third-order valence-electron chi connectivity index (χ3n) is 5.42. The van der Waals surface area contributed by atoms with Crippen LogP contribution in [0.2, 0.25) is 0 Å². The van der Waals surface area contributed by atoms with E-state index in [1.54, 1.807) is 19.1 Å². The number of cyclic esters (lactones) is 1. The summed E-state index contributed by atoms with van der Waals surface area (Å²) in [6.07, 6.45) is 3.24. The lowest BCUT2D eigenvalue weighted by Gasteiger charge is -2.40. The van der Waals surface area contributed by atoms with E-state index in [9.17, 15) is 19.9 Å². The fourth-order valence-corrected chi connectivity index (χ4v) is 3.69. The SMILES string of the molecule is C=C1C/C(=C/C)C(=O)O[C@@H]2CC[N+]3([O-])CC=C(COC(=O)[C@@]1(C)O)[C@H]23. The van der Waals surface area contributed by atoms with E-state index in [1.165, 1.54) is 6.92 Å². The highest BCUT2D eigenvalue weighted by atomic mass is 16.6. The van der Waals surface area contributed by atoms with Crippen LogP contribution in [-0.2, 0) is 19.1 Å². The van der Waals surface area contributed by atoms with Gasteiger partial charge in [0.1, 0.15) is 6.61 Å². The van der Waals surface area contributed by atoms with Crippen LogP contribution in [0.5, 0.6) is 0 Å². The van der Waals surface area contributed by atoms with Gasteiger partial charge in [0.2, 0.25) is 0 Å². The van der Waals surface area contributed by atoms with Crippen LogP contribution < -0.4 is 0 Å². The molecule has 2 saturated heterocycles. The predicted molar refractivity (Wildman–Crippen MR) is 88.8 cm³/mol. The monoisotopic (exact) mass is 349 g/mol. The highest BCUT2D eigenvalue weighted by Crippen LogP contribution is 2.39. The zero-order valence-electron chi connectivity index (χ0n) is 14.5. The minimum absolute atomic E-state index is 0.00507. The topological polar surface area (TPSA) is 95.9 Å². The summed E-state index contributed by atoms with van der Waals surface area (Å²) in [7, 11) is 0. The first kappa shape index (κ1) is 17.8. The van der Waals surface area contributed by atoms with Crippen molar-refractivity contribution in [1.82, 2.24) is 0 Å². The van der Waals surface area contributed by atoms with E-state index in [-0.39, 0.29) is 30.7 Å². The van der Waals surface area contributed by atoms with Crippen LogP contribution in [0, 0.1) is 5.21 Å². The van der Waals surface area contributed by atoms with E-state index in [1.807, 2.05) is 0 Å². The molecule has 136 valence electrons. The van der Waals surface area contributed by atoms with Gasteiger partial charge in [0.25, 0.3) is 0 Å². The van der Waals surface area contributed by atoms with Gasteiger partial charge in [-0.25, -0.2) is 9.59 Å². The second-order valence-electron chi connectivity index (χ2n) is 7.06. The number of esters is 2. The van der Waals surface area contributed by atoms with Crippen molar-refractivity contribution >= 4 is 11.9 Å². The van der Waals surface area contributed by atoms with Crippen molar-refractivity contribution in [2.75, 3.05) is 19.7 Å². The third-order valence-corrected chi connectivity index (χ3v) is 5.42. The molecule has 4 atom stereocenters. The maximum atomic E-state index is 12.9. The second kappa shape index (κ2) is 6.09. The summed E-state index contributed by atoms with van der Waals surface area (Å²) in [6, 6.07) is -0.553. The molecule has 7 nitrogen and oxygen atoms in total. The summed E-state index contributed by atoms with van der Waals surface area (Å²) in [5.41, 5.74) is -0.841. The molecule has 0 aromatic carbocycles. The summed E-state index contributed by atoms with van der Waals surface area (Å²) in [6.45, 7) is 7.22. The van der Waals surface area contributed by atoms with Gasteiger partial charge >= 0.3 is 11.9 Å². The van der Waals surface area contributed by atoms with Crippen molar-refractivity contribution < 1.29 is 28.8 Å². The van der Waals surface area contributed by atoms with Gasteiger partial charge in [-0.05, 0) is 25.5 Å². The van der Waals surface area contributed by atoms with Gasteiger partial charge in [0, 0.05) is 24.0 Å². The number of hydrogen-bond donors (Lipinski definition) is 1. The Morgan fingerprint density at radius 2 is 2.20 bits per heavy atom. The van der Waals surface area contributed by atoms with Crippen LogP contribution in [-0.4, -0.2) is 59.1 Å². The molecule has 3 heterocycles. The Balaban J connectivity index is 1.96. The van der Waals surface area contributed by atoms with Crippen LogP contribution in [0.1, 0.15) is 26.7 Å². The molecule has 0 saturated carbocycles. The molecule has 0 spiro atoms. The number of nitrogens with zero attached hydrogens (tertiary/aromatic N) is 1. The smallest absolute Gasteiger partial charge is 0.342 e. The van der Waals surface area contributed by atoms with Crippen molar-refractivity contribution in [1.29, 1.82) is 0 Å². The van der Waals surface area contributed by atoms with Gasteiger partial charge in [-0.2, -0.15) is 0 Å². The molecule has 25 heavy (non-hydrogen) atoms. The van der Waals surface area contributed by atoms with Crippen molar-refractivity contribution in [2.24, 2.45) is 0 Å². The molecule has 0 bridgehead atoms. The fourth-order valence-electron chi connectivity index (χ4n) is 3.69. The molecule has 2 fully saturated rings. The Morgan fingerprint density at radius 3 is 2.88 bits per heavy atom. The molecule has 3 aliphatic rings. The van der Waals surface area contributed by atoms with Crippen LogP contribution >= 0.6 is 0 Å². The lowest BCUT2D eigenvalue weighted by Crippen LogP contribution is -2.48. The standard InChI is InChI=1S/C18H23NO6/c1-4-12-9-11(2)18(3,22)17(21)24-10-13-5-7-19(23)8-6-14(15(13)19)25-16(12)20/h4-5,14-15,22H,2,6-10H2,1,3H3/b12-4-/t14-,15-,18+,19?/m1/s1. The van der Waals surface area contributed by atoms with Gasteiger partial charge < -0.3 is 24.4 Å². The molecule has 1 unspecified atom stereocenters. The second-order valence-corrected chi connectivity index (χ2v) is 7.06. The first-order chi connectivity index (χ1) is 11.7. The molecular weight excluding hydrogens is 326 g/mol.